The van der Waals surface area contributed by atoms with Crippen LogP contribution in [-0.2, 0) is 14.3 Å². The third-order valence-electron chi connectivity index (χ3n) is 3.71. The van der Waals surface area contributed by atoms with Crippen molar-refractivity contribution in [1.82, 2.24) is 9.80 Å². The number of fused-ring (bicyclic) bond motifs is 1. The topological polar surface area (TPSA) is 49.6 Å². The lowest BCUT2D eigenvalue weighted by Gasteiger charge is -2.32. The Kier molecular flexibility index (Phi) is 3.54. The third-order valence-corrected chi connectivity index (χ3v) is 5.15. The average molecular weight is 282 g/mol. The van der Waals surface area contributed by atoms with Gasteiger partial charge in [-0.2, -0.15) is 0 Å². The van der Waals surface area contributed by atoms with Crippen molar-refractivity contribution in [2.24, 2.45) is 0 Å². The Bertz CT molecular complexity index is 422. The largest absolute Gasteiger partial charge is 0.461 e. The zero-order valence-electron chi connectivity index (χ0n) is 10.8. The van der Waals surface area contributed by atoms with E-state index in [1.807, 2.05) is 4.90 Å². The van der Waals surface area contributed by atoms with Crippen LogP contribution in [0, 0.1) is 0 Å². The molecular formula is C13H18N2O3S. The standard InChI is InChI=1S/C13H18N2O3S/c1-9(13(17)18-5-4-14-2-3-14)6-10-8-15-11(16)7-12(15)19-10/h10,12H,1-8H2/t10?,12-/m1/s1. The van der Waals surface area contributed by atoms with Crippen molar-refractivity contribution < 1.29 is 14.3 Å². The van der Waals surface area contributed by atoms with Crippen molar-refractivity contribution in [2.75, 3.05) is 32.8 Å². The molecule has 0 N–H and O–H groups in total. The Morgan fingerprint density at radius 1 is 1.47 bits per heavy atom. The quantitative estimate of drug-likeness (QED) is 0.307. The summed E-state index contributed by atoms with van der Waals surface area (Å²) in [4.78, 5) is 27.1. The summed E-state index contributed by atoms with van der Waals surface area (Å²) in [7, 11) is 0. The Hall–Kier alpha value is -1.01. The van der Waals surface area contributed by atoms with Crippen LogP contribution in [-0.4, -0.2) is 65.1 Å². The van der Waals surface area contributed by atoms with E-state index in [1.54, 1.807) is 11.8 Å². The van der Waals surface area contributed by atoms with Crippen LogP contribution in [0.5, 0.6) is 0 Å². The molecule has 3 saturated heterocycles. The molecule has 3 aliphatic rings. The first-order valence-electron chi connectivity index (χ1n) is 6.65. The number of hydrogen-bond donors (Lipinski definition) is 0. The first-order valence-corrected chi connectivity index (χ1v) is 7.60. The van der Waals surface area contributed by atoms with Crippen LogP contribution in [0.15, 0.2) is 12.2 Å². The molecule has 3 heterocycles. The maximum absolute atomic E-state index is 11.7. The predicted octanol–water partition coefficient (Wildman–Crippen LogP) is 0.465. The number of nitrogens with zero attached hydrogens (tertiary/aromatic N) is 2. The number of carbonyl (C=O) groups excluding carboxylic acids is 2. The van der Waals surface area contributed by atoms with E-state index in [9.17, 15) is 9.59 Å². The van der Waals surface area contributed by atoms with Crippen molar-refractivity contribution in [2.45, 2.75) is 23.5 Å². The van der Waals surface area contributed by atoms with Gasteiger partial charge < -0.3 is 9.64 Å². The smallest absolute Gasteiger partial charge is 0.333 e. The first kappa shape index (κ1) is 13.0. The minimum Gasteiger partial charge on any atom is -0.461 e. The van der Waals surface area contributed by atoms with Crippen molar-refractivity contribution in [1.29, 1.82) is 0 Å². The Morgan fingerprint density at radius 3 is 2.89 bits per heavy atom. The summed E-state index contributed by atoms with van der Waals surface area (Å²) in [5.41, 5.74) is 0.526. The summed E-state index contributed by atoms with van der Waals surface area (Å²) in [6.07, 6.45) is 1.27. The van der Waals surface area contributed by atoms with Gasteiger partial charge in [0.1, 0.15) is 6.61 Å². The van der Waals surface area contributed by atoms with Gasteiger partial charge in [-0.15, -0.1) is 11.8 Å². The predicted molar refractivity (Wildman–Crippen MR) is 72.7 cm³/mol. The lowest BCUT2D eigenvalue weighted by atomic mass is 10.1. The highest BCUT2D eigenvalue weighted by atomic mass is 32.2. The second-order valence-electron chi connectivity index (χ2n) is 5.25. The second-order valence-corrected chi connectivity index (χ2v) is 6.73. The molecule has 3 fully saturated rings. The summed E-state index contributed by atoms with van der Waals surface area (Å²) >= 11 is 1.78. The van der Waals surface area contributed by atoms with E-state index in [0.29, 0.717) is 35.6 Å². The molecule has 0 aromatic heterocycles. The third kappa shape index (κ3) is 2.95. The number of ether oxygens (including phenoxy) is 1. The number of rotatable bonds is 6. The monoisotopic (exact) mass is 282 g/mol. The summed E-state index contributed by atoms with van der Waals surface area (Å²) < 4.78 is 5.19. The van der Waals surface area contributed by atoms with Crippen molar-refractivity contribution >= 4 is 23.6 Å². The lowest BCUT2D eigenvalue weighted by molar-refractivity contribution is -0.140. The molecule has 0 spiro atoms. The fourth-order valence-corrected chi connectivity index (χ4v) is 3.96. The molecule has 1 amide bonds. The molecule has 0 saturated carbocycles. The molecule has 6 heteroatoms. The number of amides is 1. The van der Waals surface area contributed by atoms with Gasteiger partial charge in [0.05, 0.1) is 11.8 Å². The van der Waals surface area contributed by atoms with Crippen molar-refractivity contribution in [3.05, 3.63) is 12.2 Å². The molecule has 104 valence electrons. The van der Waals surface area contributed by atoms with Crippen LogP contribution < -0.4 is 0 Å². The normalized spacial score (nSPS) is 28.8. The van der Waals surface area contributed by atoms with Crippen LogP contribution in [0.3, 0.4) is 0 Å². The van der Waals surface area contributed by atoms with Gasteiger partial charge in [-0.1, -0.05) is 6.58 Å². The van der Waals surface area contributed by atoms with Crippen molar-refractivity contribution in [3.8, 4) is 0 Å². The summed E-state index contributed by atoms with van der Waals surface area (Å²) in [5.74, 6) is -0.0605. The van der Waals surface area contributed by atoms with Gasteiger partial charge in [-0.05, 0) is 6.42 Å². The van der Waals surface area contributed by atoms with E-state index in [0.717, 1.165) is 26.2 Å². The summed E-state index contributed by atoms with van der Waals surface area (Å²) in [6, 6.07) is 0. The number of thioether (sulfide) groups is 1. The zero-order chi connectivity index (χ0) is 13.4. The van der Waals surface area contributed by atoms with Crippen LogP contribution in [0.4, 0.5) is 0 Å². The van der Waals surface area contributed by atoms with Gasteiger partial charge >= 0.3 is 5.97 Å². The first-order chi connectivity index (χ1) is 9.13. The van der Waals surface area contributed by atoms with Gasteiger partial charge in [0.25, 0.3) is 0 Å². The molecule has 0 aromatic carbocycles. The molecule has 1 unspecified atom stereocenters. The second kappa shape index (κ2) is 5.17. The zero-order valence-corrected chi connectivity index (χ0v) is 11.7. The molecule has 3 aliphatic heterocycles. The van der Waals surface area contributed by atoms with Gasteiger partial charge in [0, 0.05) is 37.0 Å². The van der Waals surface area contributed by atoms with E-state index in [1.165, 1.54) is 0 Å². The molecule has 0 bridgehead atoms. The van der Waals surface area contributed by atoms with Crippen LogP contribution in [0.25, 0.3) is 0 Å². The fraction of sp³-hybridized carbons (Fsp3) is 0.692. The molecule has 2 atom stereocenters. The highest BCUT2D eigenvalue weighted by molar-refractivity contribution is 8.00. The molecule has 0 aliphatic carbocycles. The van der Waals surface area contributed by atoms with Crippen LogP contribution in [0.1, 0.15) is 12.8 Å². The van der Waals surface area contributed by atoms with E-state index in [2.05, 4.69) is 11.5 Å². The summed E-state index contributed by atoms with van der Waals surface area (Å²) in [6.45, 7) is 8.06. The molecular weight excluding hydrogens is 264 g/mol. The van der Waals surface area contributed by atoms with E-state index >= 15 is 0 Å². The number of esters is 1. The fourth-order valence-electron chi connectivity index (χ4n) is 2.39. The average Bonchev–Trinajstić information content (AvgIpc) is 3.13. The molecule has 3 rings (SSSR count). The number of β-lactam (4-membered cyclic amide) rings is 1. The van der Waals surface area contributed by atoms with Crippen LogP contribution in [0.2, 0.25) is 0 Å². The van der Waals surface area contributed by atoms with Crippen LogP contribution >= 0.6 is 11.8 Å². The Morgan fingerprint density at radius 2 is 2.26 bits per heavy atom. The molecule has 0 radical (unpaired) electrons. The molecule has 0 aromatic rings. The molecule has 5 nitrogen and oxygen atoms in total. The molecule has 19 heavy (non-hydrogen) atoms. The Labute approximate surface area is 116 Å². The highest BCUT2D eigenvalue weighted by Gasteiger charge is 2.44. The van der Waals surface area contributed by atoms with E-state index in [-0.39, 0.29) is 11.9 Å². The number of hydrogen-bond acceptors (Lipinski definition) is 5. The van der Waals surface area contributed by atoms with Gasteiger partial charge in [0.15, 0.2) is 0 Å². The van der Waals surface area contributed by atoms with E-state index < -0.39 is 0 Å². The number of carbonyl (C=O) groups is 2. The van der Waals surface area contributed by atoms with Gasteiger partial charge in [0.2, 0.25) is 5.91 Å². The maximum Gasteiger partial charge on any atom is 0.333 e. The summed E-state index contributed by atoms with van der Waals surface area (Å²) in [5, 5.41) is 0.632. The minimum absolute atomic E-state index is 0.228. The van der Waals surface area contributed by atoms with Crippen molar-refractivity contribution in [3.63, 3.8) is 0 Å². The van der Waals surface area contributed by atoms with Gasteiger partial charge in [-0.3, -0.25) is 9.69 Å². The lowest BCUT2D eigenvalue weighted by Crippen LogP contribution is -2.47. The minimum atomic E-state index is -0.289. The SMILES string of the molecule is C=C(CC1CN2C(=O)C[C@H]2S1)C(=O)OCCN1CC1. The highest BCUT2D eigenvalue weighted by Crippen LogP contribution is 2.41. The maximum atomic E-state index is 11.7. The van der Waals surface area contributed by atoms with E-state index in [4.69, 9.17) is 4.74 Å². The van der Waals surface area contributed by atoms with Gasteiger partial charge in [-0.25, -0.2) is 4.79 Å². The Balaban J connectivity index is 1.38.